The summed E-state index contributed by atoms with van der Waals surface area (Å²) in [4.78, 5) is 24.5. The highest BCUT2D eigenvalue weighted by molar-refractivity contribution is 5.75. The molecule has 0 radical (unpaired) electrons. The summed E-state index contributed by atoms with van der Waals surface area (Å²) in [6.45, 7) is 4.19. The molecular weight excluding hydrogens is 246 g/mol. The molecule has 0 aromatic rings. The maximum absolute atomic E-state index is 12.1. The molecule has 0 aromatic carbocycles. The quantitative estimate of drug-likeness (QED) is 0.790. The van der Waals surface area contributed by atoms with E-state index in [0.29, 0.717) is 32.2 Å². The van der Waals surface area contributed by atoms with Gasteiger partial charge in [-0.1, -0.05) is 0 Å². The number of amides is 2. The molecule has 0 heterocycles. The van der Waals surface area contributed by atoms with Crippen molar-refractivity contribution in [1.82, 2.24) is 10.2 Å². The van der Waals surface area contributed by atoms with Gasteiger partial charge < -0.3 is 15.3 Å². The fourth-order valence-electron chi connectivity index (χ4n) is 2.36. The summed E-state index contributed by atoms with van der Waals surface area (Å²) in [6.07, 6.45) is 2.10. The summed E-state index contributed by atoms with van der Waals surface area (Å²) in [5, 5.41) is 20.4. The van der Waals surface area contributed by atoms with Gasteiger partial charge >= 0.3 is 12.0 Å². The molecule has 19 heavy (non-hydrogen) atoms. The topological polar surface area (TPSA) is 93.4 Å². The van der Waals surface area contributed by atoms with Crippen molar-refractivity contribution in [2.45, 2.75) is 51.6 Å². The second-order valence-corrected chi connectivity index (χ2v) is 5.19. The molecule has 0 saturated heterocycles. The molecule has 0 spiro atoms. The van der Waals surface area contributed by atoms with Crippen molar-refractivity contribution < 1.29 is 14.7 Å². The van der Waals surface area contributed by atoms with Crippen molar-refractivity contribution in [2.24, 2.45) is 5.92 Å². The van der Waals surface area contributed by atoms with Crippen molar-refractivity contribution in [3.63, 3.8) is 0 Å². The van der Waals surface area contributed by atoms with E-state index in [1.54, 1.807) is 4.90 Å². The first kappa shape index (κ1) is 15.3. The van der Waals surface area contributed by atoms with E-state index in [-0.39, 0.29) is 24.0 Å². The molecule has 6 heteroatoms. The molecule has 1 aliphatic rings. The van der Waals surface area contributed by atoms with Crippen molar-refractivity contribution in [1.29, 1.82) is 5.26 Å². The van der Waals surface area contributed by atoms with E-state index in [0.717, 1.165) is 0 Å². The number of carbonyl (C=O) groups excluding carboxylic acids is 1. The third-order valence-corrected chi connectivity index (χ3v) is 3.46. The zero-order chi connectivity index (χ0) is 14.4. The summed E-state index contributed by atoms with van der Waals surface area (Å²) >= 11 is 0. The molecule has 2 atom stereocenters. The fourth-order valence-corrected chi connectivity index (χ4v) is 2.36. The summed E-state index contributed by atoms with van der Waals surface area (Å²) < 4.78 is 0. The van der Waals surface area contributed by atoms with Gasteiger partial charge in [0.25, 0.3) is 0 Å². The number of nitriles is 1. The lowest BCUT2D eigenvalue weighted by atomic mass is 10.1. The Morgan fingerprint density at radius 3 is 2.63 bits per heavy atom. The smallest absolute Gasteiger partial charge is 0.317 e. The summed E-state index contributed by atoms with van der Waals surface area (Å²) in [5.74, 6) is -1.14. The molecule has 0 bridgehead atoms. The van der Waals surface area contributed by atoms with Gasteiger partial charge in [-0.3, -0.25) is 4.79 Å². The number of nitrogens with zero attached hydrogens (tertiary/aromatic N) is 2. The minimum absolute atomic E-state index is 0.0185. The average molecular weight is 267 g/mol. The Bertz CT molecular complexity index is 376. The van der Waals surface area contributed by atoms with E-state index in [2.05, 4.69) is 5.32 Å². The Morgan fingerprint density at radius 1 is 1.47 bits per heavy atom. The summed E-state index contributed by atoms with van der Waals surface area (Å²) in [5.41, 5.74) is 0. The van der Waals surface area contributed by atoms with Gasteiger partial charge in [0.2, 0.25) is 0 Å². The van der Waals surface area contributed by atoms with Crippen LogP contribution < -0.4 is 5.32 Å². The highest BCUT2D eigenvalue weighted by atomic mass is 16.4. The molecule has 1 fully saturated rings. The maximum Gasteiger partial charge on any atom is 0.317 e. The van der Waals surface area contributed by atoms with Gasteiger partial charge in [-0.05, 0) is 33.1 Å². The number of hydrogen-bond donors (Lipinski definition) is 2. The first-order valence-corrected chi connectivity index (χ1v) is 6.62. The third-order valence-electron chi connectivity index (χ3n) is 3.46. The van der Waals surface area contributed by atoms with E-state index in [1.807, 2.05) is 19.9 Å². The highest BCUT2D eigenvalue weighted by Gasteiger charge is 2.31. The lowest BCUT2D eigenvalue weighted by Gasteiger charge is -2.27. The predicted molar refractivity (Wildman–Crippen MR) is 69.4 cm³/mol. The molecule has 2 N–H and O–H groups in total. The lowest BCUT2D eigenvalue weighted by molar-refractivity contribution is -0.141. The SMILES string of the molecule is CC(C)N(CCC#N)C(=O)N[C@H]1CC[C@@H](C(=O)O)C1. The third kappa shape index (κ3) is 4.43. The largest absolute Gasteiger partial charge is 0.481 e. The number of hydrogen-bond acceptors (Lipinski definition) is 3. The maximum atomic E-state index is 12.1. The average Bonchev–Trinajstić information content (AvgIpc) is 2.77. The predicted octanol–water partition coefficient (Wildman–Crippen LogP) is 1.57. The molecule has 1 rings (SSSR count). The Hall–Kier alpha value is -1.77. The van der Waals surface area contributed by atoms with Gasteiger partial charge in [-0.2, -0.15) is 5.26 Å². The molecule has 1 aliphatic carbocycles. The fraction of sp³-hybridized carbons (Fsp3) is 0.769. The molecule has 6 nitrogen and oxygen atoms in total. The van der Waals surface area contributed by atoms with Crippen LogP contribution in [0, 0.1) is 17.2 Å². The van der Waals surface area contributed by atoms with Crippen LogP contribution in [0.5, 0.6) is 0 Å². The van der Waals surface area contributed by atoms with E-state index in [4.69, 9.17) is 10.4 Å². The van der Waals surface area contributed by atoms with Crippen molar-refractivity contribution >= 4 is 12.0 Å². The Balaban J connectivity index is 2.49. The summed E-state index contributed by atoms with van der Waals surface area (Å²) in [6, 6.07) is 1.76. The number of nitrogens with one attached hydrogen (secondary N) is 1. The Morgan fingerprint density at radius 2 is 2.16 bits per heavy atom. The molecule has 0 aliphatic heterocycles. The van der Waals surface area contributed by atoms with Crippen LogP contribution in [-0.2, 0) is 4.79 Å². The van der Waals surface area contributed by atoms with Crippen LogP contribution >= 0.6 is 0 Å². The highest BCUT2D eigenvalue weighted by Crippen LogP contribution is 2.25. The van der Waals surface area contributed by atoms with Crippen LogP contribution in [-0.4, -0.2) is 40.6 Å². The molecule has 0 aromatic heterocycles. The van der Waals surface area contributed by atoms with Crippen LogP contribution in [0.2, 0.25) is 0 Å². The number of rotatable bonds is 5. The van der Waals surface area contributed by atoms with E-state index >= 15 is 0 Å². The first-order valence-electron chi connectivity index (χ1n) is 6.62. The van der Waals surface area contributed by atoms with E-state index in [1.165, 1.54) is 0 Å². The molecular formula is C13H21N3O3. The molecule has 0 unspecified atom stereocenters. The number of carbonyl (C=O) groups is 2. The first-order chi connectivity index (χ1) is 8.95. The number of aliphatic carboxylic acids is 1. The Labute approximate surface area is 113 Å². The second kappa shape index (κ2) is 6.98. The van der Waals surface area contributed by atoms with Crippen molar-refractivity contribution in [3.8, 4) is 6.07 Å². The molecule has 106 valence electrons. The van der Waals surface area contributed by atoms with E-state index in [9.17, 15) is 9.59 Å². The van der Waals surface area contributed by atoms with Crippen molar-refractivity contribution in [2.75, 3.05) is 6.54 Å². The van der Waals surface area contributed by atoms with Crippen LogP contribution in [0.4, 0.5) is 4.79 Å². The molecule has 2 amide bonds. The van der Waals surface area contributed by atoms with Gasteiger partial charge in [-0.15, -0.1) is 0 Å². The number of urea groups is 1. The normalized spacial score (nSPS) is 22.0. The van der Waals surface area contributed by atoms with Crippen LogP contribution in [0.1, 0.15) is 39.5 Å². The van der Waals surface area contributed by atoms with E-state index < -0.39 is 5.97 Å². The summed E-state index contributed by atoms with van der Waals surface area (Å²) in [7, 11) is 0. The second-order valence-electron chi connectivity index (χ2n) is 5.19. The van der Waals surface area contributed by atoms with Gasteiger partial charge in [0, 0.05) is 18.6 Å². The standard InChI is InChI=1S/C13H21N3O3/c1-9(2)16(7-3-6-14)13(19)15-11-5-4-10(8-11)12(17)18/h9-11H,3-5,7-8H2,1-2H3,(H,15,19)(H,17,18)/t10-,11+/m1/s1. The minimum atomic E-state index is -0.790. The number of carboxylic acids is 1. The zero-order valence-electron chi connectivity index (χ0n) is 11.4. The van der Waals surface area contributed by atoms with Gasteiger partial charge in [0.05, 0.1) is 18.4 Å². The molecule has 1 saturated carbocycles. The van der Waals surface area contributed by atoms with Gasteiger partial charge in [0.15, 0.2) is 0 Å². The van der Waals surface area contributed by atoms with Gasteiger partial charge in [-0.25, -0.2) is 4.79 Å². The number of carboxylic acid groups (broad SMARTS) is 1. The van der Waals surface area contributed by atoms with Crippen molar-refractivity contribution in [3.05, 3.63) is 0 Å². The lowest BCUT2D eigenvalue weighted by Crippen LogP contribution is -2.47. The zero-order valence-corrected chi connectivity index (χ0v) is 11.4. The van der Waals surface area contributed by atoms with Gasteiger partial charge in [0.1, 0.15) is 0 Å². The minimum Gasteiger partial charge on any atom is -0.481 e. The van der Waals surface area contributed by atoms with Crippen LogP contribution in [0.15, 0.2) is 0 Å². The van der Waals surface area contributed by atoms with Crippen LogP contribution in [0.3, 0.4) is 0 Å². The Kier molecular flexibility index (Phi) is 5.61. The van der Waals surface area contributed by atoms with Crippen LogP contribution in [0.25, 0.3) is 0 Å². The monoisotopic (exact) mass is 267 g/mol.